The first kappa shape index (κ1) is 15.0. The summed E-state index contributed by atoms with van der Waals surface area (Å²) < 4.78 is 22.6. The second kappa shape index (κ2) is 6.36. The maximum atomic E-state index is 12.4. The molecule has 0 saturated heterocycles. The van der Waals surface area contributed by atoms with Gasteiger partial charge in [0.1, 0.15) is 0 Å². The third kappa shape index (κ3) is 3.18. The molecule has 0 aromatic heterocycles. The van der Waals surface area contributed by atoms with Crippen molar-refractivity contribution in [2.75, 3.05) is 14.2 Å². The Morgan fingerprint density at radius 2 is 1.60 bits per heavy atom. The molecule has 0 fully saturated rings. The van der Waals surface area contributed by atoms with Crippen LogP contribution in [-0.2, 0) is 19.8 Å². The topological polar surface area (TPSA) is 35.5 Å². The van der Waals surface area contributed by atoms with Crippen LogP contribution in [0.25, 0.3) is 11.1 Å². The van der Waals surface area contributed by atoms with Crippen molar-refractivity contribution >= 4 is 7.60 Å². The van der Waals surface area contributed by atoms with E-state index in [4.69, 9.17) is 9.05 Å². The highest BCUT2D eigenvalue weighted by molar-refractivity contribution is 7.53. The standard InChI is InChI=1S/C16H19O3P/c1-13-8-7-11-15(14-9-5-4-6-10-14)16(13)12-20(17,18-2)19-3/h4-11H,12H2,1-3H3. The van der Waals surface area contributed by atoms with Gasteiger partial charge in [0.25, 0.3) is 0 Å². The van der Waals surface area contributed by atoms with Crippen LogP contribution in [0.5, 0.6) is 0 Å². The van der Waals surface area contributed by atoms with Crippen molar-refractivity contribution in [3.05, 3.63) is 59.7 Å². The van der Waals surface area contributed by atoms with Gasteiger partial charge in [0, 0.05) is 14.2 Å². The van der Waals surface area contributed by atoms with Crippen LogP contribution in [0.4, 0.5) is 0 Å². The Morgan fingerprint density at radius 3 is 2.20 bits per heavy atom. The molecule has 0 N–H and O–H groups in total. The van der Waals surface area contributed by atoms with Gasteiger partial charge in [-0.25, -0.2) is 0 Å². The van der Waals surface area contributed by atoms with Crippen molar-refractivity contribution in [1.29, 1.82) is 0 Å². The molecule has 0 aliphatic carbocycles. The fraction of sp³-hybridized carbons (Fsp3) is 0.250. The van der Waals surface area contributed by atoms with E-state index in [2.05, 4.69) is 0 Å². The van der Waals surface area contributed by atoms with E-state index in [1.807, 2.05) is 55.5 Å². The summed E-state index contributed by atoms with van der Waals surface area (Å²) in [6, 6.07) is 16.1. The van der Waals surface area contributed by atoms with Crippen molar-refractivity contribution in [3.8, 4) is 11.1 Å². The summed E-state index contributed by atoms with van der Waals surface area (Å²) in [5, 5.41) is 0. The molecule has 4 heteroatoms. The fourth-order valence-corrected chi connectivity index (χ4v) is 3.41. The molecule has 20 heavy (non-hydrogen) atoms. The van der Waals surface area contributed by atoms with Gasteiger partial charge in [-0.3, -0.25) is 4.57 Å². The van der Waals surface area contributed by atoms with E-state index in [0.29, 0.717) is 0 Å². The molecule has 0 amide bonds. The Hall–Kier alpha value is -1.41. The maximum absolute atomic E-state index is 12.4. The molecule has 0 atom stereocenters. The van der Waals surface area contributed by atoms with Gasteiger partial charge in [-0.1, -0.05) is 48.5 Å². The van der Waals surface area contributed by atoms with E-state index in [0.717, 1.165) is 22.3 Å². The van der Waals surface area contributed by atoms with E-state index in [9.17, 15) is 4.57 Å². The van der Waals surface area contributed by atoms with E-state index < -0.39 is 7.60 Å². The van der Waals surface area contributed by atoms with Crippen LogP contribution in [-0.4, -0.2) is 14.2 Å². The second-order valence-corrected chi connectivity index (χ2v) is 6.87. The minimum absolute atomic E-state index is 0.275. The van der Waals surface area contributed by atoms with Crippen LogP contribution in [0.15, 0.2) is 48.5 Å². The SMILES string of the molecule is COP(=O)(Cc1c(C)cccc1-c1ccccc1)OC. The average molecular weight is 290 g/mol. The third-order valence-electron chi connectivity index (χ3n) is 3.40. The molecule has 0 saturated carbocycles. The van der Waals surface area contributed by atoms with Crippen molar-refractivity contribution in [2.24, 2.45) is 0 Å². The molecule has 3 nitrogen and oxygen atoms in total. The number of rotatable bonds is 5. The Bertz CT molecular complexity index is 615. The zero-order valence-corrected chi connectivity index (χ0v) is 12.9. The van der Waals surface area contributed by atoms with Crippen molar-refractivity contribution in [3.63, 3.8) is 0 Å². The Labute approximate surface area is 120 Å². The predicted molar refractivity (Wildman–Crippen MR) is 81.9 cm³/mol. The van der Waals surface area contributed by atoms with E-state index >= 15 is 0 Å². The summed E-state index contributed by atoms with van der Waals surface area (Å²) in [5.41, 5.74) is 4.26. The quantitative estimate of drug-likeness (QED) is 0.752. The molecule has 0 heterocycles. The highest BCUT2D eigenvalue weighted by Crippen LogP contribution is 2.51. The Morgan fingerprint density at radius 1 is 0.950 bits per heavy atom. The first-order valence-corrected chi connectivity index (χ1v) is 8.17. The molecule has 2 rings (SSSR count). The zero-order valence-electron chi connectivity index (χ0n) is 12.0. The zero-order chi connectivity index (χ0) is 14.6. The van der Waals surface area contributed by atoms with Crippen LogP contribution in [0.2, 0.25) is 0 Å². The Kier molecular flexibility index (Phi) is 4.77. The first-order chi connectivity index (χ1) is 9.59. The molecule has 2 aromatic rings. The van der Waals surface area contributed by atoms with Crippen LogP contribution in [0, 0.1) is 6.92 Å². The molecule has 0 bridgehead atoms. The molecule has 0 aliphatic rings. The summed E-state index contributed by atoms with van der Waals surface area (Å²) in [7, 11) is -0.235. The molecule has 0 radical (unpaired) electrons. The average Bonchev–Trinajstić information content (AvgIpc) is 2.50. The maximum Gasteiger partial charge on any atom is 0.334 e. The van der Waals surface area contributed by atoms with Gasteiger partial charge in [-0.2, -0.15) is 0 Å². The summed E-state index contributed by atoms with van der Waals surface area (Å²) >= 11 is 0. The third-order valence-corrected chi connectivity index (χ3v) is 5.22. The van der Waals surface area contributed by atoms with Gasteiger partial charge >= 0.3 is 7.60 Å². The highest BCUT2D eigenvalue weighted by Gasteiger charge is 2.24. The second-order valence-electron chi connectivity index (χ2n) is 4.60. The van der Waals surface area contributed by atoms with Crippen LogP contribution < -0.4 is 0 Å². The number of benzene rings is 2. The van der Waals surface area contributed by atoms with E-state index in [-0.39, 0.29) is 6.16 Å². The number of aryl methyl sites for hydroxylation is 1. The number of hydrogen-bond donors (Lipinski definition) is 0. The van der Waals surface area contributed by atoms with Gasteiger partial charge in [0.05, 0.1) is 6.16 Å². The molecule has 0 aliphatic heterocycles. The first-order valence-electron chi connectivity index (χ1n) is 6.44. The normalized spacial score (nSPS) is 11.6. The van der Waals surface area contributed by atoms with Crippen LogP contribution >= 0.6 is 7.60 Å². The highest BCUT2D eigenvalue weighted by atomic mass is 31.2. The Balaban J connectivity index is 2.50. The smallest absolute Gasteiger partial charge is 0.312 e. The molecular formula is C16H19O3P. The fourth-order valence-electron chi connectivity index (χ4n) is 2.20. The predicted octanol–water partition coefficient (Wildman–Crippen LogP) is 4.65. The lowest BCUT2D eigenvalue weighted by Crippen LogP contribution is -1.98. The summed E-state index contributed by atoms with van der Waals surface area (Å²) in [4.78, 5) is 0. The lowest BCUT2D eigenvalue weighted by Gasteiger charge is -2.18. The minimum Gasteiger partial charge on any atom is -0.312 e. The van der Waals surface area contributed by atoms with Crippen LogP contribution in [0.1, 0.15) is 11.1 Å². The molecule has 0 spiro atoms. The number of hydrogen-bond acceptors (Lipinski definition) is 3. The van der Waals surface area contributed by atoms with Crippen molar-refractivity contribution in [1.82, 2.24) is 0 Å². The summed E-state index contributed by atoms with van der Waals surface area (Å²) in [5.74, 6) is 0. The lowest BCUT2D eigenvalue weighted by atomic mass is 9.97. The molecule has 0 unspecified atom stereocenters. The van der Waals surface area contributed by atoms with Gasteiger partial charge in [0.15, 0.2) is 0 Å². The van der Waals surface area contributed by atoms with Gasteiger partial charge in [0.2, 0.25) is 0 Å². The minimum atomic E-state index is -3.08. The molecule has 2 aromatic carbocycles. The summed E-state index contributed by atoms with van der Waals surface area (Å²) in [6.45, 7) is 2.01. The van der Waals surface area contributed by atoms with Gasteiger partial charge < -0.3 is 9.05 Å². The van der Waals surface area contributed by atoms with E-state index in [1.165, 1.54) is 14.2 Å². The summed E-state index contributed by atoms with van der Waals surface area (Å²) in [6.07, 6.45) is 0.275. The van der Waals surface area contributed by atoms with Gasteiger partial charge in [-0.05, 0) is 29.2 Å². The van der Waals surface area contributed by atoms with Crippen LogP contribution in [0.3, 0.4) is 0 Å². The van der Waals surface area contributed by atoms with Gasteiger partial charge in [-0.15, -0.1) is 0 Å². The molecule has 106 valence electrons. The monoisotopic (exact) mass is 290 g/mol. The lowest BCUT2D eigenvalue weighted by molar-refractivity contribution is 0.275. The van der Waals surface area contributed by atoms with E-state index in [1.54, 1.807) is 0 Å². The van der Waals surface area contributed by atoms with Crippen molar-refractivity contribution < 1.29 is 13.6 Å². The molecular weight excluding hydrogens is 271 g/mol. The largest absolute Gasteiger partial charge is 0.334 e. The van der Waals surface area contributed by atoms with Crippen molar-refractivity contribution in [2.45, 2.75) is 13.1 Å².